The zero-order valence-electron chi connectivity index (χ0n) is 11.1. The van der Waals surface area contributed by atoms with Gasteiger partial charge in [0.25, 0.3) is 5.91 Å². The number of carboxylic acids is 1. The number of aliphatic carboxylic acids is 1. The number of pyridine rings is 2. The monoisotopic (exact) mass is 317 g/mol. The van der Waals surface area contributed by atoms with Gasteiger partial charge in [-0.2, -0.15) is 13.2 Å². The quantitative estimate of drug-likeness (QED) is 0.802. The summed E-state index contributed by atoms with van der Waals surface area (Å²) in [6, 6.07) is 3.06. The zero-order valence-corrected chi connectivity index (χ0v) is 11.1. The summed E-state index contributed by atoms with van der Waals surface area (Å²) in [6.07, 6.45) is -1.99. The lowest BCUT2D eigenvalue weighted by Gasteiger charge is -2.05. The summed E-state index contributed by atoms with van der Waals surface area (Å²) in [5, 5.41) is 7.40. The van der Waals surface area contributed by atoms with E-state index < -0.39 is 18.1 Å². The molecule has 0 aliphatic rings. The predicted octanol–water partition coefficient (Wildman–Crippen LogP) is 0.666. The van der Waals surface area contributed by atoms with E-state index in [-0.39, 0.29) is 16.5 Å². The Kier molecular flexibility index (Phi) is 4.87. The molecule has 1 amide bonds. The van der Waals surface area contributed by atoms with Crippen LogP contribution in [-0.4, -0.2) is 32.7 Å². The molecule has 0 aliphatic carbocycles. The number of rotatable bonds is 1. The van der Waals surface area contributed by atoms with Crippen LogP contribution in [0.15, 0.2) is 29.3 Å². The topological polar surface area (TPSA) is 115 Å². The van der Waals surface area contributed by atoms with Crippen LogP contribution in [0.4, 0.5) is 13.2 Å². The Bertz CT molecular complexity index is 783. The summed E-state index contributed by atoms with van der Waals surface area (Å²) >= 11 is 0. The Balaban J connectivity index is 0.000000295. The van der Waals surface area contributed by atoms with Crippen molar-refractivity contribution in [3.63, 3.8) is 0 Å². The van der Waals surface area contributed by atoms with Crippen molar-refractivity contribution in [1.29, 1.82) is 0 Å². The van der Waals surface area contributed by atoms with Gasteiger partial charge in [-0.05, 0) is 6.07 Å². The number of carbonyl (C=O) groups excluding carboxylic acids is 1. The fraction of sp³-hybridized carbons (Fsp3) is 0.167. The first-order valence-electron chi connectivity index (χ1n) is 5.60. The van der Waals surface area contributed by atoms with Crippen LogP contribution in [0.1, 0.15) is 10.5 Å². The first kappa shape index (κ1) is 17.1. The van der Waals surface area contributed by atoms with Gasteiger partial charge in [0.05, 0.1) is 10.9 Å². The highest BCUT2D eigenvalue weighted by atomic mass is 19.4. The standard InChI is InChI=1S/C10H9N3O2.C2HF3O2/c1-13-5-3-7(14)8-6(13)2-4-12-9(8)10(11)15;3-2(4,5)1(6)7/h2-5H,1H3,(H2,11,15);(H,6,7). The number of alkyl halides is 3. The Morgan fingerprint density at radius 1 is 1.32 bits per heavy atom. The smallest absolute Gasteiger partial charge is 0.475 e. The predicted molar refractivity (Wildman–Crippen MR) is 69.2 cm³/mol. The van der Waals surface area contributed by atoms with E-state index in [0.29, 0.717) is 5.52 Å². The Morgan fingerprint density at radius 2 is 1.86 bits per heavy atom. The van der Waals surface area contributed by atoms with Crippen molar-refractivity contribution in [2.45, 2.75) is 6.18 Å². The van der Waals surface area contributed by atoms with Crippen LogP contribution in [0.5, 0.6) is 0 Å². The highest BCUT2D eigenvalue weighted by Gasteiger charge is 2.38. The van der Waals surface area contributed by atoms with Crippen molar-refractivity contribution in [2.24, 2.45) is 12.8 Å². The average Bonchev–Trinajstić information content (AvgIpc) is 2.42. The van der Waals surface area contributed by atoms with Crippen molar-refractivity contribution >= 4 is 22.8 Å². The van der Waals surface area contributed by atoms with E-state index in [0.717, 1.165) is 0 Å². The molecular weight excluding hydrogens is 307 g/mol. The molecule has 0 bridgehead atoms. The molecular formula is C12H10F3N3O4. The van der Waals surface area contributed by atoms with Gasteiger partial charge >= 0.3 is 12.1 Å². The summed E-state index contributed by atoms with van der Waals surface area (Å²) in [6.45, 7) is 0. The molecule has 0 aliphatic heterocycles. The van der Waals surface area contributed by atoms with Crippen molar-refractivity contribution in [3.8, 4) is 0 Å². The lowest BCUT2D eigenvalue weighted by atomic mass is 10.2. The molecule has 3 N–H and O–H groups in total. The van der Waals surface area contributed by atoms with Crippen molar-refractivity contribution in [3.05, 3.63) is 40.4 Å². The molecule has 2 heterocycles. The number of carbonyl (C=O) groups is 2. The normalized spacial score (nSPS) is 10.7. The highest BCUT2D eigenvalue weighted by Crippen LogP contribution is 2.13. The number of halogens is 3. The lowest BCUT2D eigenvalue weighted by molar-refractivity contribution is -0.192. The zero-order chi connectivity index (χ0) is 17.1. The van der Waals surface area contributed by atoms with E-state index in [9.17, 15) is 22.8 Å². The minimum atomic E-state index is -5.08. The molecule has 0 fully saturated rings. The molecule has 118 valence electrons. The van der Waals surface area contributed by atoms with Crippen molar-refractivity contribution in [2.75, 3.05) is 0 Å². The molecule has 10 heteroatoms. The van der Waals surface area contributed by atoms with E-state index >= 15 is 0 Å². The third kappa shape index (κ3) is 3.81. The summed E-state index contributed by atoms with van der Waals surface area (Å²) in [5.74, 6) is -3.45. The summed E-state index contributed by atoms with van der Waals surface area (Å²) in [5.41, 5.74) is 5.57. The van der Waals surface area contributed by atoms with Crippen LogP contribution in [0.3, 0.4) is 0 Å². The van der Waals surface area contributed by atoms with Gasteiger partial charge in [0.15, 0.2) is 5.43 Å². The van der Waals surface area contributed by atoms with Crippen molar-refractivity contribution < 1.29 is 27.9 Å². The average molecular weight is 317 g/mol. The number of aromatic nitrogens is 2. The molecule has 0 saturated carbocycles. The van der Waals surface area contributed by atoms with E-state index in [1.54, 1.807) is 23.9 Å². The molecule has 2 aromatic rings. The maximum atomic E-state index is 11.6. The molecule has 0 unspecified atom stereocenters. The van der Waals surface area contributed by atoms with Gasteiger partial charge in [-0.25, -0.2) is 4.79 Å². The fourth-order valence-electron chi connectivity index (χ4n) is 1.52. The Morgan fingerprint density at radius 3 is 2.32 bits per heavy atom. The van der Waals surface area contributed by atoms with Gasteiger partial charge in [0, 0.05) is 25.5 Å². The number of primary amides is 1. The second kappa shape index (κ2) is 6.24. The third-order valence-electron chi connectivity index (χ3n) is 2.48. The van der Waals surface area contributed by atoms with Crippen LogP contribution in [-0.2, 0) is 11.8 Å². The maximum absolute atomic E-state index is 11.6. The first-order chi connectivity index (χ1) is 10.1. The molecule has 7 nitrogen and oxygen atoms in total. The molecule has 0 radical (unpaired) electrons. The Labute approximate surface area is 120 Å². The van der Waals surface area contributed by atoms with Gasteiger partial charge in [-0.1, -0.05) is 0 Å². The van der Waals surface area contributed by atoms with Gasteiger partial charge in [-0.15, -0.1) is 0 Å². The molecule has 2 aromatic heterocycles. The number of fused-ring (bicyclic) bond motifs is 1. The van der Waals surface area contributed by atoms with Crippen LogP contribution in [0, 0.1) is 0 Å². The molecule has 0 saturated heterocycles. The number of hydrogen-bond donors (Lipinski definition) is 2. The lowest BCUT2D eigenvalue weighted by Crippen LogP contribution is -2.21. The van der Waals surface area contributed by atoms with E-state index in [1.807, 2.05) is 0 Å². The molecule has 2 rings (SSSR count). The van der Waals surface area contributed by atoms with Gasteiger partial charge in [0.2, 0.25) is 0 Å². The molecule has 0 aromatic carbocycles. The second-order valence-corrected chi connectivity index (χ2v) is 4.01. The molecule has 0 atom stereocenters. The maximum Gasteiger partial charge on any atom is 0.490 e. The number of amides is 1. The fourth-order valence-corrected chi connectivity index (χ4v) is 1.52. The van der Waals surface area contributed by atoms with Crippen molar-refractivity contribution in [1.82, 2.24) is 9.55 Å². The summed E-state index contributed by atoms with van der Waals surface area (Å²) < 4.78 is 33.5. The number of nitrogens with two attached hydrogens (primary N) is 1. The van der Waals surface area contributed by atoms with Gasteiger partial charge in [0.1, 0.15) is 5.69 Å². The van der Waals surface area contributed by atoms with E-state index in [1.165, 1.54) is 12.3 Å². The summed E-state index contributed by atoms with van der Waals surface area (Å²) in [7, 11) is 1.78. The minimum Gasteiger partial charge on any atom is -0.475 e. The first-order valence-corrected chi connectivity index (χ1v) is 5.60. The third-order valence-corrected chi connectivity index (χ3v) is 2.48. The summed E-state index contributed by atoms with van der Waals surface area (Å²) in [4.78, 5) is 35.4. The largest absolute Gasteiger partial charge is 0.490 e. The van der Waals surface area contributed by atoms with E-state index in [2.05, 4.69) is 4.98 Å². The van der Waals surface area contributed by atoms with Crippen LogP contribution in [0.2, 0.25) is 0 Å². The van der Waals surface area contributed by atoms with Crippen LogP contribution in [0.25, 0.3) is 10.9 Å². The van der Waals surface area contributed by atoms with Crippen LogP contribution < -0.4 is 11.2 Å². The highest BCUT2D eigenvalue weighted by molar-refractivity contribution is 6.03. The Hall–Kier alpha value is -2.91. The number of carboxylic acid groups (broad SMARTS) is 1. The van der Waals surface area contributed by atoms with Gasteiger partial charge < -0.3 is 15.4 Å². The van der Waals surface area contributed by atoms with Crippen LogP contribution >= 0.6 is 0 Å². The SMILES string of the molecule is Cn1ccc(=O)c2c(C(N)=O)nccc21.O=C(O)C(F)(F)F. The minimum absolute atomic E-state index is 0.0219. The molecule has 0 spiro atoms. The second-order valence-electron chi connectivity index (χ2n) is 4.01. The van der Waals surface area contributed by atoms with Gasteiger partial charge in [-0.3, -0.25) is 14.6 Å². The van der Waals surface area contributed by atoms with E-state index in [4.69, 9.17) is 15.6 Å². The number of hydrogen-bond acceptors (Lipinski definition) is 4. The number of aryl methyl sites for hydroxylation is 1. The number of nitrogens with zero attached hydrogens (tertiary/aromatic N) is 2. The molecule has 22 heavy (non-hydrogen) atoms.